The maximum Gasteiger partial charge on any atom is 0.225 e. The van der Waals surface area contributed by atoms with Gasteiger partial charge in [-0.05, 0) is 43.2 Å². The van der Waals surface area contributed by atoms with Crippen LogP contribution in [0.15, 0.2) is 30.5 Å². The Morgan fingerprint density at radius 2 is 1.97 bits per heavy atom. The number of nitrogens with one attached hydrogen (secondary N) is 2. The van der Waals surface area contributed by atoms with E-state index in [1.54, 1.807) is 14.2 Å². The van der Waals surface area contributed by atoms with Gasteiger partial charge in [-0.1, -0.05) is 45.4 Å². The van der Waals surface area contributed by atoms with Crippen molar-refractivity contribution in [2.24, 2.45) is 11.8 Å². The topological polar surface area (TPSA) is 83.7 Å². The Hall–Kier alpha value is -2.38. The van der Waals surface area contributed by atoms with Gasteiger partial charge in [0.2, 0.25) is 11.8 Å². The van der Waals surface area contributed by atoms with Gasteiger partial charge in [-0.3, -0.25) is 9.59 Å². The van der Waals surface area contributed by atoms with Gasteiger partial charge in [-0.25, -0.2) is 0 Å². The fourth-order valence-electron chi connectivity index (χ4n) is 5.30. The van der Waals surface area contributed by atoms with Crippen molar-refractivity contribution >= 4 is 22.7 Å². The van der Waals surface area contributed by atoms with Crippen LogP contribution < -0.4 is 5.32 Å². The van der Waals surface area contributed by atoms with Crippen LogP contribution in [-0.2, 0) is 25.5 Å². The van der Waals surface area contributed by atoms with Gasteiger partial charge >= 0.3 is 0 Å². The minimum Gasteiger partial charge on any atom is -0.381 e. The SMILES string of the molecule is CC[C@H](C)C[C@@H](CC(=O)N1CCC[C@H]1[C@H](OC)[C@@H](C)C(=O)NCCc1c[nH]c2ccccc12)OC. The number of benzene rings is 1. The summed E-state index contributed by atoms with van der Waals surface area (Å²) in [5, 5.41) is 4.27. The first-order valence-electron chi connectivity index (χ1n) is 13.1. The molecule has 0 unspecified atom stereocenters. The number of methoxy groups -OCH3 is 2. The van der Waals surface area contributed by atoms with Crippen molar-refractivity contribution in [2.45, 2.75) is 77.5 Å². The van der Waals surface area contributed by atoms with Crippen molar-refractivity contribution in [2.75, 3.05) is 27.3 Å². The standard InChI is InChI=1S/C28H43N3O4/c1-6-19(2)16-22(34-4)17-26(32)31-15-9-12-25(31)27(35-5)20(3)28(33)29-14-13-21-18-30-24-11-8-7-10-23(21)24/h7-8,10-11,18-20,22,25,27,30H,6,9,12-17H2,1-5H3,(H,29,33)/t19-,20+,22-,25-,27+/m0/s1. The van der Waals surface area contributed by atoms with Crippen LogP contribution in [0.25, 0.3) is 10.9 Å². The van der Waals surface area contributed by atoms with Crippen LogP contribution in [0.5, 0.6) is 0 Å². The summed E-state index contributed by atoms with van der Waals surface area (Å²) in [4.78, 5) is 31.4. The molecule has 1 aromatic heterocycles. The molecule has 3 rings (SSSR count). The highest BCUT2D eigenvalue weighted by molar-refractivity contribution is 5.83. The van der Waals surface area contributed by atoms with E-state index < -0.39 is 0 Å². The molecule has 0 saturated carbocycles. The minimum atomic E-state index is -0.361. The fraction of sp³-hybridized carbons (Fsp3) is 0.643. The molecule has 2 amide bonds. The highest BCUT2D eigenvalue weighted by Crippen LogP contribution is 2.28. The van der Waals surface area contributed by atoms with E-state index in [2.05, 4.69) is 36.3 Å². The lowest BCUT2D eigenvalue weighted by atomic mass is 9.94. The number of rotatable bonds is 13. The molecule has 7 nitrogen and oxygen atoms in total. The number of para-hydroxylation sites is 1. The minimum absolute atomic E-state index is 0.0393. The number of carbonyl (C=O) groups is 2. The number of H-pyrrole nitrogens is 1. The highest BCUT2D eigenvalue weighted by Gasteiger charge is 2.40. The smallest absolute Gasteiger partial charge is 0.225 e. The van der Waals surface area contributed by atoms with E-state index in [0.29, 0.717) is 25.4 Å². The van der Waals surface area contributed by atoms with Crippen molar-refractivity contribution < 1.29 is 19.1 Å². The molecule has 5 atom stereocenters. The summed E-state index contributed by atoms with van der Waals surface area (Å²) in [7, 11) is 3.32. The molecule has 35 heavy (non-hydrogen) atoms. The normalized spacial score (nSPS) is 19.5. The monoisotopic (exact) mass is 485 g/mol. The second kappa shape index (κ2) is 13.1. The number of amides is 2. The molecule has 0 aliphatic carbocycles. The van der Waals surface area contributed by atoms with Crippen molar-refractivity contribution in [3.05, 3.63) is 36.0 Å². The Kier molecular flexibility index (Phi) is 10.2. The van der Waals surface area contributed by atoms with Gasteiger partial charge in [0.1, 0.15) is 0 Å². The molecule has 2 heterocycles. The third kappa shape index (κ3) is 6.85. The van der Waals surface area contributed by atoms with E-state index in [0.717, 1.165) is 37.6 Å². The van der Waals surface area contributed by atoms with Gasteiger partial charge in [0.15, 0.2) is 0 Å². The zero-order valence-corrected chi connectivity index (χ0v) is 22.0. The van der Waals surface area contributed by atoms with Gasteiger partial charge in [-0.15, -0.1) is 0 Å². The summed E-state index contributed by atoms with van der Waals surface area (Å²) >= 11 is 0. The first-order chi connectivity index (χ1) is 16.9. The number of nitrogens with zero attached hydrogens (tertiary/aromatic N) is 1. The van der Waals surface area contributed by atoms with Crippen LogP contribution >= 0.6 is 0 Å². The van der Waals surface area contributed by atoms with Crippen LogP contribution in [0.4, 0.5) is 0 Å². The molecule has 0 bridgehead atoms. The van der Waals surface area contributed by atoms with Crippen LogP contribution in [-0.4, -0.2) is 67.3 Å². The van der Waals surface area contributed by atoms with Crippen molar-refractivity contribution in [3.8, 4) is 0 Å². The highest BCUT2D eigenvalue weighted by atomic mass is 16.5. The number of carbonyl (C=O) groups excluding carboxylic acids is 2. The van der Waals surface area contributed by atoms with Crippen molar-refractivity contribution in [1.29, 1.82) is 0 Å². The Balaban J connectivity index is 1.56. The first kappa shape index (κ1) is 27.2. The maximum atomic E-state index is 13.2. The molecule has 2 aromatic rings. The lowest BCUT2D eigenvalue weighted by Gasteiger charge is -2.34. The quantitative estimate of drug-likeness (QED) is 0.443. The Labute approximate surface area is 209 Å². The van der Waals surface area contributed by atoms with Gasteiger partial charge in [-0.2, -0.15) is 0 Å². The molecule has 2 N–H and O–H groups in total. The Morgan fingerprint density at radius 3 is 2.69 bits per heavy atom. The summed E-state index contributed by atoms with van der Waals surface area (Å²) in [6.45, 7) is 7.51. The Morgan fingerprint density at radius 1 is 1.20 bits per heavy atom. The molecule has 1 aromatic carbocycles. The van der Waals surface area contributed by atoms with E-state index in [1.165, 1.54) is 10.9 Å². The van der Waals surface area contributed by atoms with E-state index in [1.807, 2.05) is 30.2 Å². The third-order valence-electron chi connectivity index (χ3n) is 7.64. The predicted molar refractivity (Wildman–Crippen MR) is 139 cm³/mol. The van der Waals surface area contributed by atoms with Gasteiger partial charge in [0.05, 0.1) is 30.6 Å². The molecule has 1 aliphatic heterocycles. The number of aromatic amines is 1. The molecule has 1 aliphatic rings. The average Bonchev–Trinajstić information content (AvgIpc) is 3.51. The van der Waals surface area contributed by atoms with E-state index >= 15 is 0 Å². The molecular formula is C28H43N3O4. The van der Waals surface area contributed by atoms with Gasteiger partial charge in [0.25, 0.3) is 0 Å². The largest absolute Gasteiger partial charge is 0.381 e. The van der Waals surface area contributed by atoms with Crippen LogP contribution in [0, 0.1) is 11.8 Å². The van der Waals surface area contributed by atoms with Gasteiger partial charge < -0.3 is 24.7 Å². The summed E-state index contributed by atoms with van der Waals surface area (Å²) in [5.74, 6) is 0.209. The van der Waals surface area contributed by atoms with Crippen molar-refractivity contribution in [3.63, 3.8) is 0 Å². The number of likely N-dealkylation sites (tertiary alicyclic amines) is 1. The number of hydrogen-bond acceptors (Lipinski definition) is 4. The summed E-state index contributed by atoms with van der Waals surface area (Å²) in [6.07, 6.45) is 6.43. The van der Waals surface area contributed by atoms with Crippen LogP contribution in [0.2, 0.25) is 0 Å². The van der Waals surface area contributed by atoms with E-state index in [-0.39, 0.29) is 36.0 Å². The zero-order chi connectivity index (χ0) is 25.4. The van der Waals surface area contributed by atoms with Gasteiger partial charge in [0, 0.05) is 44.4 Å². The summed E-state index contributed by atoms with van der Waals surface area (Å²) in [5.41, 5.74) is 2.29. The van der Waals surface area contributed by atoms with E-state index in [4.69, 9.17) is 9.47 Å². The molecule has 0 spiro atoms. The molecule has 1 fully saturated rings. The van der Waals surface area contributed by atoms with Crippen molar-refractivity contribution in [1.82, 2.24) is 15.2 Å². The maximum absolute atomic E-state index is 13.2. The Bertz CT molecular complexity index is 959. The molecule has 7 heteroatoms. The number of hydrogen-bond donors (Lipinski definition) is 2. The number of aromatic nitrogens is 1. The molecule has 194 valence electrons. The second-order valence-electron chi connectivity index (χ2n) is 10.00. The van der Waals surface area contributed by atoms with E-state index in [9.17, 15) is 9.59 Å². The lowest BCUT2D eigenvalue weighted by Crippen LogP contribution is -2.50. The molecule has 0 radical (unpaired) electrons. The van der Waals surface area contributed by atoms with Crippen LogP contribution in [0.3, 0.4) is 0 Å². The zero-order valence-electron chi connectivity index (χ0n) is 22.0. The second-order valence-corrected chi connectivity index (χ2v) is 10.00. The lowest BCUT2D eigenvalue weighted by molar-refractivity contribution is -0.141. The average molecular weight is 486 g/mol. The molecular weight excluding hydrogens is 442 g/mol. The molecule has 1 saturated heterocycles. The fourth-order valence-corrected chi connectivity index (χ4v) is 5.30. The van der Waals surface area contributed by atoms with Crippen LogP contribution in [0.1, 0.15) is 58.4 Å². The number of fused-ring (bicyclic) bond motifs is 1. The third-order valence-corrected chi connectivity index (χ3v) is 7.64. The number of ether oxygens (including phenoxy) is 2. The summed E-state index contributed by atoms with van der Waals surface area (Å²) < 4.78 is 11.4. The summed E-state index contributed by atoms with van der Waals surface area (Å²) in [6, 6.07) is 8.08. The predicted octanol–water partition coefficient (Wildman–Crippen LogP) is 4.31. The first-order valence-corrected chi connectivity index (χ1v) is 13.1.